The zero-order valence-electron chi connectivity index (χ0n) is 17.1. The summed E-state index contributed by atoms with van der Waals surface area (Å²) in [5.41, 5.74) is 0. The van der Waals surface area contributed by atoms with Gasteiger partial charge in [-0.25, -0.2) is 0 Å². The molecular formula is C22H34O6. The van der Waals surface area contributed by atoms with E-state index in [0.717, 1.165) is 38.5 Å². The zero-order chi connectivity index (χ0) is 19.7. The van der Waals surface area contributed by atoms with Crippen molar-refractivity contribution < 1.29 is 28.5 Å². The quantitative estimate of drug-likeness (QED) is 0.338. The monoisotopic (exact) mass is 394 g/mol. The van der Waals surface area contributed by atoms with Crippen molar-refractivity contribution in [2.45, 2.75) is 115 Å². The van der Waals surface area contributed by atoms with Crippen LogP contribution in [0.4, 0.5) is 0 Å². The molecule has 2 saturated heterocycles. The van der Waals surface area contributed by atoms with Crippen molar-refractivity contribution in [2.75, 3.05) is 0 Å². The van der Waals surface area contributed by atoms with E-state index in [4.69, 9.17) is 18.9 Å². The highest BCUT2D eigenvalue weighted by molar-refractivity contribution is 5.70. The fraction of sp³-hybridized carbons (Fsp3) is 0.909. The molecule has 2 heterocycles. The largest absolute Gasteiger partial charge is 0.462 e. The normalized spacial score (nSPS) is 37.8. The molecular weight excluding hydrogens is 360 g/mol. The van der Waals surface area contributed by atoms with Crippen LogP contribution in [-0.2, 0) is 28.5 Å². The van der Waals surface area contributed by atoms with Gasteiger partial charge in [0.1, 0.15) is 12.2 Å². The molecule has 8 unspecified atom stereocenters. The Morgan fingerprint density at radius 1 is 0.750 bits per heavy atom. The van der Waals surface area contributed by atoms with Gasteiger partial charge in [-0.3, -0.25) is 9.59 Å². The van der Waals surface area contributed by atoms with Crippen molar-refractivity contribution in [3.63, 3.8) is 0 Å². The summed E-state index contributed by atoms with van der Waals surface area (Å²) in [6.45, 7) is 3.98. The Hall–Kier alpha value is -1.14. The van der Waals surface area contributed by atoms with Crippen molar-refractivity contribution in [3.8, 4) is 0 Å². The van der Waals surface area contributed by atoms with Crippen LogP contribution in [0.2, 0.25) is 0 Å². The van der Waals surface area contributed by atoms with E-state index in [9.17, 15) is 9.59 Å². The SMILES string of the molecule is CC(OC(=O)CCCCC(=O)OC(C)C1CCC2OC2C1)C1CCC2OC2C1. The third-order valence-electron chi connectivity index (χ3n) is 7.06. The number of fused-ring (bicyclic) bond motifs is 2. The highest BCUT2D eigenvalue weighted by Gasteiger charge is 2.46. The lowest BCUT2D eigenvalue weighted by Gasteiger charge is -2.25. The Morgan fingerprint density at radius 3 is 1.57 bits per heavy atom. The minimum Gasteiger partial charge on any atom is -0.462 e. The highest BCUT2D eigenvalue weighted by Crippen LogP contribution is 2.42. The first-order chi connectivity index (χ1) is 13.5. The minimum atomic E-state index is -0.158. The molecule has 28 heavy (non-hydrogen) atoms. The fourth-order valence-electron chi connectivity index (χ4n) is 4.99. The summed E-state index contributed by atoms with van der Waals surface area (Å²) < 4.78 is 22.3. The van der Waals surface area contributed by atoms with Gasteiger partial charge in [0.25, 0.3) is 0 Å². The average Bonchev–Trinajstić information content (AvgIpc) is 3.57. The molecule has 4 fully saturated rings. The molecule has 0 spiro atoms. The lowest BCUT2D eigenvalue weighted by atomic mass is 9.86. The van der Waals surface area contributed by atoms with Crippen LogP contribution in [0.25, 0.3) is 0 Å². The predicted octanol–water partition coefficient (Wildman–Crippen LogP) is 3.55. The highest BCUT2D eigenvalue weighted by atomic mass is 16.6. The summed E-state index contributed by atoms with van der Waals surface area (Å²) in [5.74, 6) is 0.518. The van der Waals surface area contributed by atoms with Crippen molar-refractivity contribution in [1.82, 2.24) is 0 Å². The maximum absolute atomic E-state index is 12.1. The first-order valence-electron chi connectivity index (χ1n) is 11.2. The smallest absolute Gasteiger partial charge is 0.306 e. The molecule has 8 atom stereocenters. The molecule has 2 aliphatic heterocycles. The molecule has 4 aliphatic rings. The fourth-order valence-corrected chi connectivity index (χ4v) is 4.99. The van der Waals surface area contributed by atoms with E-state index in [1.54, 1.807) is 0 Å². The minimum absolute atomic E-state index is 0.0472. The first-order valence-corrected chi connectivity index (χ1v) is 11.2. The molecule has 0 amide bonds. The van der Waals surface area contributed by atoms with Gasteiger partial charge in [-0.15, -0.1) is 0 Å². The molecule has 0 aromatic heterocycles. The van der Waals surface area contributed by atoms with Gasteiger partial charge in [0.2, 0.25) is 0 Å². The Labute approximate surface area is 167 Å². The van der Waals surface area contributed by atoms with Crippen LogP contribution in [-0.4, -0.2) is 48.6 Å². The van der Waals surface area contributed by atoms with Crippen LogP contribution < -0.4 is 0 Å². The first kappa shape index (κ1) is 20.1. The van der Waals surface area contributed by atoms with Gasteiger partial charge in [-0.2, -0.15) is 0 Å². The number of carbonyl (C=O) groups excluding carboxylic acids is 2. The summed E-state index contributed by atoms with van der Waals surface area (Å²) >= 11 is 0. The van der Waals surface area contributed by atoms with Crippen LogP contribution in [0.1, 0.15) is 78.1 Å². The van der Waals surface area contributed by atoms with Crippen LogP contribution in [0, 0.1) is 11.8 Å². The number of rotatable bonds is 9. The Bertz CT molecular complexity index is 527. The molecule has 158 valence electrons. The lowest BCUT2D eigenvalue weighted by Crippen LogP contribution is -2.28. The molecule has 0 bridgehead atoms. The summed E-state index contributed by atoms with van der Waals surface area (Å²) in [6, 6.07) is 0. The third kappa shape index (κ3) is 5.26. The number of esters is 2. The molecule has 2 saturated carbocycles. The van der Waals surface area contributed by atoms with Crippen molar-refractivity contribution in [3.05, 3.63) is 0 Å². The van der Waals surface area contributed by atoms with Crippen molar-refractivity contribution in [1.29, 1.82) is 0 Å². The van der Waals surface area contributed by atoms with Crippen LogP contribution in [0.3, 0.4) is 0 Å². The van der Waals surface area contributed by atoms with Gasteiger partial charge >= 0.3 is 11.9 Å². The maximum atomic E-state index is 12.1. The molecule has 0 N–H and O–H groups in total. The Kier molecular flexibility index (Phi) is 6.26. The van der Waals surface area contributed by atoms with E-state index in [1.165, 1.54) is 0 Å². The standard InChI is InChI=1S/C22H34O6/c1-13(15-7-9-17-19(11-15)27-17)25-21(23)5-3-4-6-22(24)26-14(2)16-8-10-18-20(12-16)28-18/h13-20H,3-12H2,1-2H3. The molecule has 4 rings (SSSR count). The van der Waals surface area contributed by atoms with Crippen molar-refractivity contribution in [2.24, 2.45) is 11.8 Å². The number of ether oxygens (including phenoxy) is 4. The van der Waals surface area contributed by atoms with Gasteiger partial charge in [-0.05, 0) is 77.0 Å². The second-order valence-electron chi connectivity index (χ2n) is 9.17. The van der Waals surface area contributed by atoms with E-state index >= 15 is 0 Å². The van der Waals surface area contributed by atoms with Gasteiger partial charge < -0.3 is 18.9 Å². The third-order valence-corrected chi connectivity index (χ3v) is 7.06. The number of hydrogen-bond donors (Lipinski definition) is 0. The lowest BCUT2D eigenvalue weighted by molar-refractivity contribution is -0.153. The van der Waals surface area contributed by atoms with Gasteiger partial charge in [-0.1, -0.05) is 0 Å². The van der Waals surface area contributed by atoms with E-state index in [0.29, 0.717) is 61.9 Å². The van der Waals surface area contributed by atoms with Gasteiger partial charge in [0.15, 0.2) is 0 Å². The summed E-state index contributed by atoms with van der Waals surface area (Å²) in [6.07, 6.45) is 10.1. The second-order valence-corrected chi connectivity index (χ2v) is 9.17. The van der Waals surface area contributed by atoms with Gasteiger partial charge in [0, 0.05) is 12.8 Å². The van der Waals surface area contributed by atoms with E-state index in [1.807, 2.05) is 13.8 Å². The number of unbranched alkanes of at least 4 members (excludes halogenated alkanes) is 1. The van der Waals surface area contributed by atoms with Crippen LogP contribution in [0.5, 0.6) is 0 Å². The summed E-state index contributed by atoms with van der Waals surface area (Å²) in [4.78, 5) is 24.1. The predicted molar refractivity (Wildman–Crippen MR) is 102 cm³/mol. The molecule has 6 nitrogen and oxygen atoms in total. The summed E-state index contributed by atoms with van der Waals surface area (Å²) in [7, 11) is 0. The van der Waals surface area contributed by atoms with Crippen LogP contribution >= 0.6 is 0 Å². The molecule has 0 aromatic rings. The van der Waals surface area contributed by atoms with E-state index in [-0.39, 0.29) is 24.1 Å². The van der Waals surface area contributed by atoms with E-state index < -0.39 is 0 Å². The number of carbonyl (C=O) groups is 2. The van der Waals surface area contributed by atoms with E-state index in [2.05, 4.69) is 0 Å². The molecule has 2 aliphatic carbocycles. The molecule has 6 heteroatoms. The maximum Gasteiger partial charge on any atom is 0.306 e. The second kappa shape index (κ2) is 8.70. The van der Waals surface area contributed by atoms with Gasteiger partial charge in [0.05, 0.1) is 24.4 Å². The zero-order valence-corrected chi connectivity index (χ0v) is 17.1. The molecule has 0 aromatic carbocycles. The topological polar surface area (TPSA) is 77.7 Å². The Morgan fingerprint density at radius 2 is 1.18 bits per heavy atom. The Balaban J connectivity index is 1.05. The average molecular weight is 395 g/mol. The number of epoxide rings is 2. The summed E-state index contributed by atoms with van der Waals surface area (Å²) in [5, 5.41) is 0. The number of hydrogen-bond acceptors (Lipinski definition) is 6. The van der Waals surface area contributed by atoms with Crippen molar-refractivity contribution >= 4 is 11.9 Å². The molecule has 0 radical (unpaired) electrons. The van der Waals surface area contributed by atoms with Crippen LogP contribution in [0.15, 0.2) is 0 Å².